The second-order valence-electron chi connectivity index (χ2n) is 5.62. The van der Waals surface area contributed by atoms with Crippen molar-refractivity contribution in [1.29, 1.82) is 5.26 Å². The van der Waals surface area contributed by atoms with Crippen LogP contribution in [0.1, 0.15) is 17.5 Å². The lowest BCUT2D eigenvalue weighted by atomic mass is 9.63. The molecule has 94 valence electrons. The van der Waals surface area contributed by atoms with E-state index in [1.165, 1.54) is 5.56 Å². The second-order valence-corrected chi connectivity index (χ2v) is 5.62. The van der Waals surface area contributed by atoms with Crippen LogP contribution in [0.15, 0.2) is 24.3 Å². The Kier molecular flexibility index (Phi) is 2.65. The van der Waals surface area contributed by atoms with Crippen molar-refractivity contribution in [2.24, 2.45) is 11.8 Å². The zero-order valence-electron chi connectivity index (χ0n) is 10.6. The Hall–Kier alpha value is -1.37. The molecule has 0 spiro atoms. The summed E-state index contributed by atoms with van der Waals surface area (Å²) in [5.41, 5.74) is 1.25. The van der Waals surface area contributed by atoms with Crippen LogP contribution in [-0.2, 0) is 12.0 Å². The molecule has 0 aromatic heterocycles. The van der Waals surface area contributed by atoms with Gasteiger partial charge < -0.3 is 10.0 Å². The highest BCUT2D eigenvalue weighted by Crippen LogP contribution is 2.47. The number of hydrogen-bond donors (Lipinski definition) is 1. The van der Waals surface area contributed by atoms with Crippen LogP contribution < -0.4 is 0 Å². The molecule has 3 rings (SSSR count). The van der Waals surface area contributed by atoms with Gasteiger partial charge in [-0.2, -0.15) is 5.26 Å². The van der Waals surface area contributed by atoms with Gasteiger partial charge in [-0.15, -0.1) is 0 Å². The Morgan fingerprint density at radius 1 is 1.39 bits per heavy atom. The average molecular weight is 242 g/mol. The molecule has 0 radical (unpaired) electrons. The first-order valence-electron chi connectivity index (χ1n) is 6.55. The van der Waals surface area contributed by atoms with Crippen LogP contribution in [0.5, 0.6) is 0 Å². The minimum Gasteiger partial charge on any atom is -0.383 e. The topological polar surface area (TPSA) is 47.3 Å². The molecule has 1 aromatic rings. The summed E-state index contributed by atoms with van der Waals surface area (Å²) in [5.74, 6) is -0.154. The van der Waals surface area contributed by atoms with E-state index in [0.717, 1.165) is 24.9 Å². The molecule has 1 heterocycles. The number of nitrogens with zero attached hydrogens (tertiary/aromatic N) is 2. The molecule has 1 aliphatic carbocycles. The smallest absolute Gasteiger partial charge is 0.111 e. The van der Waals surface area contributed by atoms with Crippen LogP contribution in [0, 0.1) is 23.2 Å². The molecule has 3 heteroatoms. The zero-order chi connectivity index (χ0) is 12.8. The number of piperidine rings is 1. The monoisotopic (exact) mass is 242 g/mol. The quantitative estimate of drug-likeness (QED) is 0.750. The third-order valence-corrected chi connectivity index (χ3v) is 4.55. The van der Waals surface area contributed by atoms with Crippen molar-refractivity contribution in [2.75, 3.05) is 20.1 Å². The Bertz CT molecular complexity index is 507. The van der Waals surface area contributed by atoms with Crippen molar-refractivity contribution in [3.05, 3.63) is 35.4 Å². The molecule has 18 heavy (non-hydrogen) atoms. The fourth-order valence-corrected chi connectivity index (χ4v) is 3.64. The molecular formula is C15H18N2O. The second kappa shape index (κ2) is 4.08. The van der Waals surface area contributed by atoms with Crippen LogP contribution in [0.25, 0.3) is 0 Å². The number of likely N-dealkylation sites (tertiary alicyclic amines) is 1. The Morgan fingerprint density at radius 3 is 2.94 bits per heavy atom. The molecule has 2 aliphatic rings. The SMILES string of the molecule is CN1C[C@@H]2CCc3ccccc3[C@]2(O)[C@H](C#N)C1. The summed E-state index contributed by atoms with van der Waals surface area (Å²) in [7, 11) is 2.03. The van der Waals surface area contributed by atoms with Gasteiger partial charge in [0.15, 0.2) is 0 Å². The normalized spacial score (nSPS) is 35.4. The highest BCUT2D eigenvalue weighted by Gasteiger charge is 2.51. The van der Waals surface area contributed by atoms with Gasteiger partial charge in [0.05, 0.1) is 12.0 Å². The molecule has 3 nitrogen and oxygen atoms in total. The predicted molar refractivity (Wildman–Crippen MR) is 68.7 cm³/mol. The molecule has 1 aliphatic heterocycles. The molecular weight excluding hydrogens is 224 g/mol. The largest absolute Gasteiger partial charge is 0.383 e. The summed E-state index contributed by atoms with van der Waals surface area (Å²) in [6, 6.07) is 10.4. The highest BCUT2D eigenvalue weighted by atomic mass is 16.3. The number of fused-ring (bicyclic) bond motifs is 3. The van der Waals surface area contributed by atoms with E-state index in [4.69, 9.17) is 0 Å². The molecule has 1 N–H and O–H groups in total. The molecule has 0 amide bonds. The maximum absolute atomic E-state index is 11.2. The predicted octanol–water partition coefficient (Wildman–Crippen LogP) is 1.52. The Labute approximate surface area is 108 Å². The van der Waals surface area contributed by atoms with Gasteiger partial charge in [-0.1, -0.05) is 24.3 Å². The lowest BCUT2D eigenvalue weighted by Gasteiger charge is -2.50. The average Bonchev–Trinajstić information content (AvgIpc) is 2.39. The van der Waals surface area contributed by atoms with Gasteiger partial charge in [-0.3, -0.25) is 0 Å². The van der Waals surface area contributed by atoms with Crippen molar-refractivity contribution in [1.82, 2.24) is 4.90 Å². The molecule has 0 unspecified atom stereocenters. The van der Waals surface area contributed by atoms with Gasteiger partial charge >= 0.3 is 0 Å². The van der Waals surface area contributed by atoms with Gasteiger partial charge in [0, 0.05) is 19.0 Å². The fourth-order valence-electron chi connectivity index (χ4n) is 3.64. The zero-order valence-corrected chi connectivity index (χ0v) is 10.6. The molecule has 1 aromatic carbocycles. The number of hydrogen-bond acceptors (Lipinski definition) is 3. The lowest BCUT2D eigenvalue weighted by Crippen LogP contribution is -2.56. The summed E-state index contributed by atoms with van der Waals surface area (Å²) < 4.78 is 0. The minimum absolute atomic E-state index is 0.177. The van der Waals surface area contributed by atoms with E-state index in [1.54, 1.807) is 0 Å². The van der Waals surface area contributed by atoms with Crippen molar-refractivity contribution >= 4 is 0 Å². The van der Waals surface area contributed by atoms with Crippen LogP contribution in [0.2, 0.25) is 0 Å². The molecule has 3 atom stereocenters. The van der Waals surface area contributed by atoms with E-state index >= 15 is 0 Å². The van der Waals surface area contributed by atoms with Crippen molar-refractivity contribution in [2.45, 2.75) is 18.4 Å². The van der Waals surface area contributed by atoms with E-state index in [1.807, 2.05) is 25.2 Å². The van der Waals surface area contributed by atoms with E-state index in [-0.39, 0.29) is 11.8 Å². The molecule has 0 bridgehead atoms. The molecule has 1 saturated heterocycles. The highest BCUT2D eigenvalue weighted by molar-refractivity contribution is 5.38. The molecule has 0 saturated carbocycles. The first-order chi connectivity index (χ1) is 8.66. The van der Waals surface area contributed by atoms with E-state index in [9.17, 15) is 10.4 Å². The summed E-state index contributed by atoms with van der Waals surface area (Å²) in [6.07, 6.45) is 1.98. The van der Waals surface area contributed by atoms with E-state index < -0.39 is 5.60 Å². The lowest BCUT2D eigenvalue weighted by molar-refractivity contribution is -0.110. The first-order valence-corrected chi connectivity index (χ1v) is 6.55. The van der Waals surface area contributed by atoms with E-state index in [2.05, 4.69) is 17.0 Å². The Balaban J connectivity index is 2.12. The van der Waals surface area contributed by atoms with Gasteiger partial charge in [0.25, 0.3) is 0 Å². The number of aliphatic hydroxyl groups is 1. The van der Waals surface area contributed by atoms with Crippen LogP contribution in [0.4, 0.5) is 0 Å². The van der Waals surface area contributed by atoms with Crippen LogP contribution in [-0.4, -0.2) is 30.1 Å². The maximum Gasteiger partial charge on any atom is 0.111 e. The van der Waals surface area contributed by atoms with Gasteiger partial charge in [-0.05, 0) is 31.0 Å². The number of rotatable bonds is 0. The van der Waals surface area contributed by atoms with Crippen LogP contribution >= 0.6 is 0 Å². The fraction of sp³-hybridized carbons (Fsp3) is 0.533. The first kappa shape index (κ1) is 11.7. The summed E-state index contributed by atoms with van der Waals surface area (Å²) >= 11 is 0. The van der Waals surface area contributed by atoms with Gasteiger partial charge in [-0.25, -0.2) is 0 Å². The summed E-state index contributed by atoms with van der Waals surface area (Å²) in [5, 5.41) is 20.6. The summed E-state index contributed by atoms with van der Waals surface area (Å²) in [4.78, 5) is 2.17. The minimum atomic E-state index is -0.948. The van der Waals surface area contributed by atoms with Crippen LogP contribution in [0.3, 0.4) is 0 Å². The standard InChI is InChI=1S/C15H18N2O/c1-17-9-12-7-6-11-4-2-3-5-14(11)15(12,18)13(8-16)10-17/h2-5,12-13,18H,6-7,9-10H2,1H3/t12-,13+,15+/m0/s1. The molecule has 1 fully saturated rings. The number of nitriles is 1. The number of aryl methyl sites for hydroxylation is 1. The number of benzene rings is 1. The van der Waals surface area contributed by atoms with Crippen molar-refractivity contribution in [3.63, 3.8) is 0 Å². The van der Waals surface area contributed by atoms with Crippen molar-refractivity contribution < 1.29 is 5.11 Å². The van der Waals surface area contributed by atoms with Gasteiger partial charge in [0.1, 0.15) is 5.60 Å². The maximum atomic E-state index is 11.2. The third kappa shape index (κ3) is 1.50. The Morgan fingerprint density at radius 2 is 2.17 bits per heavy atom. The summed E-state index contributed by atoms with van der Waals surface area (Å²) in [6.45, 7) is 1.53. The third-order valence-electron chi connectivity index (χ3n) is 4.55. The van der Waals surface area contributed by atoms with Crippen molar-refractivity contribution in [3.8, 4) is 6.07 Å². The van der Waals surface area contributed by atoms with E-state index in [0.29, 0.717) is 6.54 Å². The van der Waals surface area contributed by atoms with Gasteiger partial charge in [0.2, 0.25) is 0 Å².